The lowest BCUT2D eigenvalue weighted by molar-refractivity contribution is -0.384. The van der Waals surface area contributed by atoms with Gasteiger partial charge in [0.25, 0.3) is 5.69 Å². The molecule has 80 valence electrons. The molecule has 2 rings (SSSR count). The summed E-state index contributed by atoms with van der Waals surface area (Å²) in [5.41, 5.74) is 2.59. The number of nitro groups is 1. The van der Waals surface area contributed by atoms with Crippen LogP contribution in [0.3, 0.4) is 0 Å². The number of hydrogen-bond acceptors (Lipinski definition) is 2. The summed E-state index contributed by atoms with van der Waals surface area (Å²) in [4.78, 5) is 10.6. The zero-order valence-corrected chi connectivity index (χ0v) is 8.88. The van der Waals surface area contributed by atoms with Gasteiger partial charge in [0, 0.05) is 6.07 Å². The highest BCUT2D eigenvalue weighted by atomic mass is 16.6. The van der Waals surface area contributed by atoms with Crippen LogP contribution in [0.25, 0.3) is 11.1 Å². The van der Waals surface area contributed by atoms with Crippen molar-refractivity contribution in [3.63, 3.8) is 0 Å². The van der Waals surface area contributed by atoms with Crippen LogP contribution in [0.2, 0.25) is 0 Å². The van der Waals surface area contributed by atoms with Crippen LogP contribution < -0.4 is 0 Å². The fraction of sp³-hybridized carbons (Fsp3) is 0.0769. The zero-order valence-electron chi connectivity index (χ0n) is 8.88. The number of rotatable bonds is 2. The van der Waals surface area contributed by atoms with Crippen molar-refractivity contribution in [1.82, 2.24) is 0 Å². The van der Waals surface area contributed by atoms with Crippen LogP contribution in [-0.4, -0.2) is 4.92 Å². The average Bonchev–Trinajstić information content (AvgIpc) is 2.30. The van der Waals surface area contributed by atoms with Crippen molar-refractivity contribution in [3.8, 4) is 11.1 Å². The van der Waals surface area contributed by atoms with Crippen LogP contribution in [0.4, 0.5) is 5.69 Å². The predicted molar refractivity (Wildman–Crippen MR) is 63.3 cm³/mol. The van der Waals surface area contributed by atoms with E-state index in [1.165, 1.54) is 0 Å². The topological polar surface area (TPSA) is 43.1 Å². The summed E-state index contributed by atoms with van der Waals surface area (Å²) < 4.78 is 0. The molecule has 16 heavy (non-hydrogen) atoms. The maximum absolute atomic E-state index is 11.0. The lowest BCUT2D eigenvalue weighted by atomic mass is 10.0. The summed E-state index contributed by atoms with van der Waals surface area (Å²) >= 11 is 0. The maximum Gasteiger partial charge on any atom is 0.277 e. The van der Waals surface area contributed by atoms with E-state index >= 15 is 0 Å². The highest BCUT2D eigenvalue weighted by molar-refractivity contribution is 5.73. The minimum atomic E-state index is -0.338. The molecule has 0 unspecified atom stereocenters. The van der Waals surface area contributed by atoms with Gasteiger partial charge in [0.15, 0.2) is 0 Å². The van der Waals surface area contributed by atoms with E-state index in [4.69, 9.17) is 0 Å². The molecule has 0 radical (unpaired) electrons. The van der Waals surface area contributed by atoms with Gasteiger partial charge in [-0.2, -0.15) is 0 Å². The molecule has 0 saturated carbocycles. The van der Waals surface area contributed by atoms with Gasteiger partial charge in [-0.15, -0.1) is 0 Å². The van der Waals surface area contributed by atoms with Gasteiger partial charge in [0.05, 0.1) is 10.5 Å². The highest BCUT2D eigenvalue weighted by Gasteiger charge is 2.14. The molecule has 0 aliphatic rings. The summed E-state index contributed by atoms with van der Waals surface area (Å²) in [7, 11) is 0. The number of nitrogens with zero attached hydrogens (tertiary/aromatic N) is 1. The van der Waals surface area contributed by atoms with Crippen LogP contribution >= 0.6 is 0 Å². The summed E-state index contributed by atoms with van der Waals surface area (Å²) in [6, 6.07) is 14.7. The third kappa shape index (κ3) is 1.93. The molecule has 0 atom stereocenters. The van der Waals surface area contributed by atoms with Gasteiger partial charge in [-0.25, -0.2) is 0 Å². The van der Waals surface area contributed by atoms with Crippen molar-refractivity contribution >= 4 is 5.69 Å². The van der Waals surface area contributed by atoms with Crippen molar-refractivity contribution in [2.75, 3.05) is 0 Å². The SMILES string of the molecule is Cc1ccc(-c2ccccc2)c([N+](=O)[O-])c1. The van der Waals surface area contributed by atoms with E-state index in [-0.39, 0.29) is 10.6 Å². The lowest BCUT2D eigenvalue weighted by Crippen LogP contribution is -1.92. The molecule has 0 bridgehead atoms. The second kappa shape index (κ2) is 4.14. The smallest absolute Gasteiger partial charge is 0.258 e. The molecule has 0 saturated heterocycles. The van der Waals surface area contributed by atoms with E-state index in [1.807, 2.05) is 43.3 Å². The molecule has 0 amide bonds. The molecule has 0 N–H and O–H groups in total. The third-order valence-electron chi connectivity index (χ3n) is 2.43. The van der Waals surface area contributed by atoms with Crippen LogP contribution in [0.15, 0.2) is 48.5 Å². The molecular formula is C13H11NO2. The van der Waals surface area contributed by atoms with Crippen molar-refractivity contribution in [1.29, 1.82) is 0 Å². The van der Waals surface area contributed by atoms with Gasteiger partial charge in [-0.05, 0) is 24.1 Å². The van der Waals surface area contributed by atoms with Crippen LogP contribution in [-0.2, 0) is 0 Å². The van der Waals surface area contributed by atoms with Crippen molar-refractivity contribution in [2.24, 2.45) is 0 Å². The first kappa shape index (κ1) is 10.4. The first-order valence-corrected chi connectivity index (χ1v) is 4.99. The van der Waals surface area contributed by atoms with Crippen LogP contribution in [0, 0.1) is 17.0 Å². The van der Waals surface area contributed by atoms with Crippen molar-refractivity contribution < 1.29 is 4.92 Å². The molecule has 3 nitrogen and oxygen atoms in total. The fourth-order valence-corrected chi connectivity index (χ4v) is 1.65. The van der Waals surface area contributed by atoms with Gasteiger partial charge >= 0.3 is 0 Å². The number of nitro benzene ring substituents is 1. The monoisotopic (exact) mass is 213 g/mol. The molecule has 0 fully saturated rings. The van der Waals surface area contributed by atoms with Gasteiger partial charge < -0.3 is 0 Å². The van der Waals surface area contributed by atoms with E-state index in [1.54, 1.807) is 12.1 Å². The minimum Gasteiger partial charge on any atom is -0.258 e. The van der Waals surface area contributed by atoms with Gasteiger partial charge in [-0.1, -0.05) is 36.4 Å². The standard InChI is InChI=1S/C13H11NO2/c1-10-7-8-12(13(9-10)14(15)16)11-5-3-2-4-6-11/h2-9H,1H3. The Labute approximate surface area is 93.5 Å². The van der Waals surface area contributed by atoms with E-state index < -0.39 is 0 Å². The molecule has 3 heteroatoms. The summed E-state index contributed by atoms with van der Waals surface area (Å²) in [5, 5.41) is 11.0. The summed E-state index contributed by atoms with van der Waals surface area (Å²) in [6.45, 7) is 1.85. The number of aryl methyl sites for hydroxylation is 1. The Kier molecular flexibility index (Phi) is 2.68. The normalized spacial score (nSPS) is 10.1. The van der Waals surface area contributed by atoms with Gasteiger partial charge in [0.1, 0.15) is 0 Å². The molecule has 0 aliphatic carbocycles. The maximum atomic E-state index is 11.0. The van der Waals surface area contributed by atoms with Crippen LogP contribution in [0.1, 0.15) is 5.56 Å². The van der Waals surface area contributed by atoms with E-state index in [9.17, 15) is 10.1 Å². The largest absolute Gasteiger partial charge is 0.277 e. The quantitative estimate of drug-likeness (QED) is 0.565. The number of benzene rings is 2. The van der Waals surface area contributed by atoms with E-state index in [0.29, 0.717) is 5.56 Å². The second-order valence-corrected chi connectivity index (χ2v) is 3.64. The first-order valence-electron chi connectivity index (χ1n) is 4.99. The first-order chi connectivity index (χ1) is 7.68. The molecule has 0 heterocycles. The second-order valence-electron chi connectivity index (χ2n) is 3.64. The Morgan fingerprint density at radius 2 is 1.75 bits per heavy atom. The molecule has 0 spiro atoms. The minimum absolute atomic E-state index is 0.159. The van der Waals surface area contributed by atoms with E-state index in [0.717, 1.165) is 11.1 Å². The zero-order chi connectivity index (χ0) is 11.5. The molecule has 0 aliphatic heterocycles. The molecule has 0 aromatic heterocycles. The van der Waals surface area contributed by atoms with Gasteiger partial charge in [0.2, 0.25) is 0 Å². The molecule has 2 aromatic carbocycles. The Morgan fingerprint density at radius 3 is 2.38 bits per heavy atom. The molecular weight excluding hydrogens is 202 g/mol. The van der Waals surface area contributed by atoms with Crippen molar-refractivity contribution in [2.45, 2.75) is 6.92 Å². The number of hydrogen-bond donors (Lipinski definition) is 0. The Hall–Kier alpha value is -2.16. The summed E-state index contributed by atoms with van der Waals surface area (Å²) in [6.07, 6.45) is 0. The van der Waals surface area contributed by atoms with Crippen LogP contribution in [0.5, 0.6) is 0 Å². The third-order valence-corrected chi connectivity index (χ3v) is 2.43. The van der Waals surface area contributed by atoms with Crippen molar-refractivity contribution in [3.05, 3.63) is 64.2 Å². The lowest BCUT2D eigenvalue weighted by Gasteiger charge is -2.03. The summed E-state index contributed by atoms with van der Waals surface area (Å²) in [5.74, 6) is 0. The fourth-order valence-electron chi connectivity index (χ4n) is 1.65. The Balaban J connectivity index is 2.61. The highest BCUT2D eigenvalue weighted by Crippen LogP contribution is 2.30. The average molecular weight is 213 g/mol. The Bertz CT molecular complexity index is 521. The van der Waals surface area contributed by atoms with Gasteiger partial charge in [-0.3, -0.25) is 10.1 Å². The predicted octanol–water partition coefficient (Wildman–Crippen LogP) is 3.57. The Morgan fingerprint density at radius 1 is 1.06 bits per heavy atom. The molecule has 2 aromatic rings. The van der Waals surface area contributed by atoms with E-state index in [2.05, 4.69) is 0 Å².